The van der Waals surface area contributed by atoms with Gasteiger partial charge < -0.3 is 9.64 Å². The smallest absolute Gasteiger partial charge is 0.325 e. The van der Waals surface area contributed by atoms with Crippen LogP contribution in [0.4, 0.5) is 0 Å². The van der Waals surface area contributed by atoms with E-state index in [1.54, 1.807) is 19.9 Å². The Labute approximate surface area is 161 Å². The van der Waals surface area contributed by atoms with Crippen molar-refractivity contribution in [3.05, 3.63) is 29.3 Å². The molecule has 1 saturated heterocycles. The maximum atomic E-state index is 13.0. The standard InChI is InChI=1S/C19H28N2O5S/c1-5-26-18(22)13-20(4)19(23)17-12-16(10-9-14(17)2)27(24,25)21-11-7-6-8-15(21)3/h9-10,12,15H,5-8,11,13H2,1-4H3. The Morgan fingerprint density at radius 3 is 2.63 bits per heavy atom. The van der Waals surface area contributed by atoms with Gasteiger partial charge in [-0.25, -0.2) is 8.42 Å². The van der Waals surface area contributed by atoms with Crippen molar-refractivity contribution >= 4 is 21.9 Å². The first-order chi connectivity index (χ1) is 12.7. The molecule has 1 aliphatic rings. The van der Waals surface area contributed by atoms with E-state index in [9.17, 15) is 18.0 Å². The number of piperidine rings is 1. The lowest BCUT2D eigenvalue weighted by atomic mass is 10.1. The van der Waals surface area contributed by atoms with Crippen LogP contribution in [-0.2, 0) is 19.6 Å². The van der Waals surface area contributed by atoms with E-state index in [0.29, 0.717) is 12.1 Å². The fourth-order valence-corrected chi connectivity index (χ4v) is 4.96. The zero-order valence-corrected chi connectivity index (χ0v) is 17.2. The summed E-state index contributed by atoms with van der Waals surface area (Å²) in [5.74, 6) is -0.916. The molecule has 0 radical (unpaired) electrons. The summed E-state index contributed by atoms with van der Waals surface area (Å²) in [6.07, 6.45) is 2.69. The lowest BCUT2D eigenvalue weighted by Gasteiger charge is -2.32. The summed E-state index contributed by atoms with van der Waals surface area (Å²) in [7, 11) is -2.18. The van der Waals surface area contributed by atoms with E-state index in [1.807, 2.05) is 6.92 Å². The highest BCUT2D eigenvalue weighted by molar-refractivity contribution is 7.89. The fraction of sp³-hybridized carbons (Fsp3) is 0.579. The van der Waals surface area contributed by atoms with Gasteiger partial charge >= 0.3 is 5.97 Å². The second kappa shape index (κ2) is 8.84. The minimum absolute atomic E-state index is 0.0595. The molecule has 0 spiro atoms. The van der Waals surface area contributed by atoms with Gasteiger partial charge in [-0.1, -0.05) is 12.5 Å². The van der Waals surface area contributed by atoms with Gasteiger partial charge in [0.05, 0.1) is 11.5 Å². The number of hydrogen-bond donors (Lipinski definition) is 0. The van der Waals surface area contributed by atoms with Crippen LogP contribution in [0.1, 0.15) is 49.0 Å². The number of carbonyl (C=O) groups excluding carboxylic acids is 2. The maximum absolute atomic E-state index is 13.0. The molecule has 150 valence electrons. The third-order valence-corrected chi connectivity index (χ3v) is 6.82. The summed E-state index contributed by atoms with van der Waals surface area (Å²) in [4.78, 5) is 25.7. The van der Waals surface area contributed by atoms with Crippen LogP contribution >= 0.6 is 0 Å². The largest absolute Gasteiger partial charge is 0.465 e. The molecule has 0 N–H and O–H groups in total. The number of carbonyl (C=O) groups is 2. The highest BCUT2D eigenvalue weighted by Gasteiger charge is 2.31. The summed E-state index contributed by atoms with van der Waals surface area (Å²) >= 11 is 0. The Morgan fingerprint density at radius 1 is 1.30 bits per heavy atom. The average molecular weight is 397 g/mol. The summed E-state index contributed by atoms with van der Waals surface area (Å²) < 4.78 is 32.5. The molecule has 27 heavy (non-hydrogen) atoms. The maximum Gasteiger partial charge on any atom is 0.325 e. The summed E-state index contributed by atoms with van der Waals surface area (Å²) in [6, 6.07) is 4.52. The molecule has 1 atom stereocenters. The molecule has 1 aliphatic heterocycles. The Hall–Kier alpha value is -1.93. The number of nitrogens with zero attached hydrogens (tertiary/aromatic N) is 2. The number of ether oxygens (including phenoxy) is 1. The minimum Gasteiger partial charge on any atom is -0.465 e. The van der Waals surface area contributed by atoms with Gasteiger partial charge in [0, 0.05) is 25.2 Å². The van der Waals surface area contributed by atoms with Crippen molar-refractivity contribution < 1.29 is 22.7 Å². The molecule has 7 nitrogen and oxygen atoms in total. The quantitative estimate of drug-likeness (QED) is 0.688. The van der Waals surface area contributed by atoms with Gasteiger partial charge in [-0.05, 0) is 51.3 Å². The molecule has 1 aromatic carbocycles. The van der Waals surface area contributed by atoms with Crippen molar-refractivity contribution in [3.63, 3.8) is 0 Å². The number of amides is 1. The number of hydrogen-bond acceptors (Lipinski definition) is 5. The summed E-state index contributed by atoms with van der Waals surface area (Å²) in [5, 5.41) is 0. The first kappa shape index (κ1) is 21.4. The third-order valence-electron chi connectivity index (χ3n) is 4.81. The van der Waals surface area contributed by atoms with Gasteiger partial charge in [-0.3, -0.25) is 9.59 Å². The predicted molar refractivity (Wildman–Crippen MR) is 102 cm³/mol. The van der Waals surface area contributed by atoms with E-state index < -0.39 is 21.9 Å². The van der Waals surface area contributed by atoms with Gasteiger partial charge in [-0.15, -0.1) is 0 Å². The zero-order valence-electron chi connectivity index (χ0n) is 16.4. The van der Waals surface area contributed by atoms with Gasteiger partial charge in [0.15, 0.2) is 0 Å². The normalized spacial score (nSPS) is 18.1. The third kappa shape index (κ3) is 4.87. The lowest BCUT2D eigenvalue weighted by Crippen LogP contribution is -2.42. The van der Waals surface area contributed by atoms with Crippen molar-refractivity contribution in [1.82, 2.24) is 9.21 Å². The van der Waals surface area contributed by atoms with E-state index in [1.165, 1.54) is 28.4 Å². The lowest BCUT2D eigenvalue weighted by molar-refractivity contribution is -0.143. The summed E-state index contributed by atoms with van der Waals surface area (Å²) in [5.41, 5.74) is 0.925. The van der Waals surface area contributed by atoms with Gasteiger partial charge in [0.2, 0.25) is 10.0 Å². The van der Waals surface area contributed by atoms with Crippen LogP contribution in [0.25, 0.3) is 0 Å². The molecule has 8 heteroatoms. The summed E-state index contributed by atoms with van der Waals surface area (Å²) in [6.45, 7) is 5.88. The highest BCUT2D eigenvalue weighted by atomic mass is 32.2. The molecule has 1 amide bonds. The second-order valence-corrected chi connectivity index (χ2v) is 8.79. The highest BCUT2D eigenvalue weighted by Crippen LogP contribution is 2.26. The van der Waals surface area contributed by atoms with Gasteiger partial charge in [0.1, 0.15) is 6.54 Å². The number of sulfonamides is 1. The van der Waals surface area contributed by atoms with Crippen molar-refractivity contribution in [1.29, 1.82) is 0 Å². The van der Waals surface area contributed by atoms with Crippen LogP contribution in [0, 0.1) is 6.92 Å². The van der Waals surface area contributed by atoms with Crippen LogP contribution in [0.15, 0.2) is 23.1 Å². The molecular formula is C19H28N2O5S. The Morgan fingerprint density at radius 2 is 2.00 bits per heavy atom. The first-order valence-corrected chi connectivity index (χ1v) is 10.7. The SMILES string of the molecule is CCOC(=O)CN(C)C(=O)c1cc(S(=O)(=O)N2CCCCC2C)ccc1C. The van der Waals surface area contributed by atoms with Crippen molar-refractivity contribution in [2.24, 2.45) is 0 Å². The molecule has 1 heterocycles. The number of rotatable bonds is 6. The van der Waals surface area contributed by atoms with E-state index in [0.717, 1.165) is 19.3 Å². The fourth-order valence-electron chi connectivity index (χ4n) is 3.23. The predicted octanol–water partition coefficient (Wildman–Crippen LogP) is 2.19. The number of esters is 1. The van der Waals surface area contributed by atoms with Crippen LogP contribution in [0.2, 0.25) is 0 Å². The van der Waals surface area contributed by atoms with Crippen LogP contribution < -0.4 is 0 Å². The molecule has 0 aliphatic carbocycles. The molecule has 1 unspecified atom stereocenters. The zero-order chi connectivity index (χ0) is 20.2. The monoisotopic (exact) mass is 396 g/mol. The number of benzene rings is 1. The van der Waals surface area contributed by atoms with E-state index in [4.69, 9.17) is 4.74 Å². The molecule has 0 aromatic heterocycles. The Kier molecular flexibility index (Phi) is 7.00. The van der Waals surface area contributed by atoms with E-state index >= 15 is 0 Å². The Balaban J connectivity index is 2.30. The van der Waals surface area contributed by atoms with Crippen molar-refractivity contribution in [3.8, 4) is 0 Å². The van der Waals surface area contributed by atoms with Gasteiger partial charge in [-0.2, -0.15) is 4.31 Å². The van der Waals surface area contributed by atoms with Crippen LogP contribution in [0.3, 0.4) is 0 Å². The molecule has 1 fully saturated rings. The molecule has 0 saturated carbocycles. The molecule has 2 rings (SSSR count). The van der Waals surface area contributed by atoms with Crippen molar-refractivity contribution in [2.75, 3.05) is 26.7 Å². The molecule has 1 aromatic rings. The van der Waals surface area contributed by atoms with Gasteiger partial charge in [0.25, 0.3) is 5.91 Å². The number of aryl methyl sites for hydroxylation is 1. The molecule has 0 bridgehead atoms. The van der Waals surface area contributed by atoms with Crippen molar-refractivity contribution in [2.45, 2.75) is 51.0 Å². The minimum atomic E-state index is -3.67. The van der Waals surface area contributed by atoms with E-state index in [2.05, 4.69) is 0 Å². The first-order valence-electron chi connectivity index (χ1n) is 9.22. The van der Waals surface area contributed by atoms with Crippen LogP contribution in [0.5, 0.6) is 0 Å². The average Bonchev–Trinajstić information content (AvgIpc) is 2.61. The second-order valence-electron chi connectivity index (χ2n) is 6.90. The molecular weight excluding hydrogens is 368 g/mol. The Bertz CT molecular complexity index is 806. The van der Waals surface area contributed by atoms with Crippen LogP contribution in [-0.4, -0.2) is 62.3 Å². The van der Waals surface area contributed by atoms with E-state index in [-0.39, 0.29) is 29.7 Å². The number of likely N-dealkylation sites (N-methyl/N-ethyl adjacent to an activating group) is 1. The topological polar surface area (TPSA) is 84.0 Å².